The van der Waals surface area contributed by atoms with Crippen molar-refractivity contribution in [1.82, 2.24) is 25.3 Å². The number of hydrogen-bond acceptors (Lipinski definition) is 6. The summed E-state index contributed by atoms with van der Waals surface area (Å²) in [4.78, 5) is 2.19. The Morgan fingerprint density at radius 1 is 1.17 bits per heavy atom. The molecule has 1 aliphatic carbocycles. The lowest BCUT2D eigenvalue weighted by atomic mass is 9.64. The molecule has 2 atom stereocenters. The van der Waals surface area contributed by atoms with E-state index in [0.29, 0.717) is 11.7 Å². The molecular weight excluding hydrogens is 304 g/mol. The normalized spacial score (nSPS) is 22.1. The van der Waals surface area contributed by atoms with Crippen LogP contribution in [0.2, 0.25) is 0 Å². The topological polar surface area (TPSA) is 68.4 Å². The van der Waals surface area contributed by atoms with Crippen molar-refractivity contribution >= 4 is 11.5 Å². The van der Waals surface area contributed by atoms with Crippen molar-refractivity contribution in [1.29, 1.82) is 0 Å². The van der Waals surface area contributed by atoms with Crippen molar-refractivity contribution in [3.8, 4) is 5.75 Å². The van der Waals surface area contributed by atoms with Crippen LogP contribution >= 0.6 is 0 Å². The van der Waals surface area contributed by atoms with E-state index in [2.05, 4.69) is 46.4 Å². The number of tetrazole rings is 1. The Hall–Kier alpha value is -2.70. The maximum Gasteiger partial charge on any atom is 0.200 e. The van der Waals surface area contributed by atoms with E-state index in [4.69, 9.17) is 4.74 Å². The van der Waals surface area contributed by atoms with Crippen molar-refractivity contribution in [3.63, 3.8) is 0 Å². The predicted molar refractivity (Wildman–Crippen MR) is 90.0 cm³/mol. The van der Waals surface area contributed by atoms with Gasteiger partial charge in [-0.05, 0) is 34.7 Å². The van der Waals surface area contributed by atoms with Gasteiger partial charge in [0, 0.05) is 24.9 Å². The van der Waals surface area contributed by atoms with Crippen LogP contribution in [0.3, 0.4) is 0 Å². The molecule has 24 heavy (non-hydrogen) atoms. The molecule has 0 spiro atoms. The van der Waals surface area contributed by atoms with Gasteiger partial charge in [0.15, 0.2) is 11.5 Å². The second-order valence-electron chi connectivity index (χ2n) is 6.82. The molecule has 1 aliphatic rings. The zero-order valence-corrected chi connectivity index (χ0v) is 14.0. The average molecular weight is 324 g/mol. The number of benzene rings is 1. The SMILES string of the molecule is CN(c1ccc2nnnn2n1)[C@H]1C[C@H](Oc2ccccc2)C1(C)C. The lowest BCUT2D eigenvalue weighted by Crippen LogP contribution is -2.62. The van der Waals surface area contributed by atoms with E-state index in [1.54, 1.807) is 0 Å². The highest BCUT2D eigenvalue weighted by molar-refractivity contribution is 5.45. The highest BCUT2D eigenvalue weighted by Crippen LogP contribution is 2.46. The number of anilines is 1. The number of nitrogens with zero attached hydrogens (tertiary/aromatic N) is 6. The molecule has 7 nitrogen and oxygen atoms in total. The number of aromatic nitrogens is 5. The molecule has 0 saturated heterocycles. The third-order valence-electron chi connectivity index (χ3n) is 5.03. The molecule has 1 saturated carbocycles. The van der Waals surface area contributed by atoms with Gasteiger partial charge in [-0.2, -0.15) is 0 Å². The Morgan fingerprint density at radius 2 is 1.96 bits per heavy atom. The van der Waals surface area contributed by atoms with E-state index in [9.17, 15) is 0 Å². The van der Waals surface area contributed by atoms with E-state index in [1.807, 2.05) is 42.5 Å². The summed E-state index contributed by atoms with van der Waals surface area (Å²) in [6, 6.07) is 14.2. The number of fused-ring (bicyclic) bond motifs is 1. The Bertz CT molecular complexity index is 846. The summed E-state index contributed by atoms with van der Waals surface area (Å²) < 4.78 is 7.61. The van der Waals surface area contributed by atoms with E-state index in [-0.39, 0.29) is 11.5 Å². The minimum Gasteiger partial charge on any atom is -0.490 e. The first-order valence-corrected chi connectivity index (χ1v) is 8.05. The third kappa shape index (κ3) is 2.36. The highest BCUT2D eigenvalue weighted by atomic mass is 16.5. The van der Waals surface area contributed by atoms with Gasteiger partial charge in [-0.3, -0.25) is 0 Å². The zero-order chi connectivity index (χ0) is 16.7. The van der Waals surface area contributed by atoms with Crippen molar-refractivity contribution in [2.75, 3.05) is 11.9 Å². The molecule has 3 aromatic rings. The largest absolute Gasteiger partial charge is 0.490 e. The Labute approximate surface area is 140 Å². The molecule has 0 amide bonds. The van der Waals surface area contributed by atoms with Gasteiger partial charge in [0.25, 0.3) is 0 Å². The minimum atomic E-state index is 0.0157. The molecule has 0 radical (unpaired) electrons. The summed E-state index contributed by atoms with van der Waals surface area (Å²) in [5.41, 5.74) is 0.660. The molecule has 0 N–H and O–H groups in total. The van der Waals surface area contributed by atoms with Crippen molar-refractivity contribution in [2.24, 2.45) is 5.41 Å². The van der Waals surface area contributed by atoms with Crippen LogP contribution in [0.1, 0.15) is 20.3 Å². The number of para-hydroxylation sites is 1. The van der Waals surface area contributed by atoms with Gasteiger partial charge in [0.05, 0.1) is 0 Å². The standard InChI is InChI=1S/C17H20N6O/c1-17(2)13(11-14(17)24-12-7-5-4-6-8-12)22(3)16-10-9-15-18-20-21-23(15)19-16/h4-10,13-14H,11H2,1-3H3/t13-,14-/m0/s1. The summed E-state index contributed by atoms with van der Waals surface area (Å²) >= 11 is 0. The molecule has 2 heterocycles. The Balaban J connectivity index is 1.50. The molecule has 2 aromatic heterocycles. The fraction of sp³-hybridized carbons (Fsp3) is 0.412. The maximum atomic E-state index is 6.16. The van der Waals surface area contributed by atoms with E-state index >= 15 is 0 Å². The number of rotatable bonds is 4. The quantitative estimate of drug-likeness (QED) is 0.733. The number of hydrogen-bond donors (Lipinski definition) is 0. The van der Waals surface area contributed by atoms with Crippen LogP contribution in [-0.4, -0.2) is 44.4 Å². The Morgan fingerprint density at radius 3 is 2.71 bits per heavy atom. The van der Waals surface area contributed by atoms with Crippen LogP contribution in [0.15, 0.2) is 42.5 Å². The molecule has 0 bridgehead atoms. The van der Waals surface area contributed by atoms with Crippen LogP contribution in [0.25, 0.3) is 5.65 Å². The smallest absolute Gasteiger partial charge is 0.200 e. The fourth-order valence-electron chi connectivity index (χ4n) is 3.37. The summed E-state index contributed by atoms with van der Waals surface area (Å²) in [7, 11) is 2.06. The van der Waals surface area contributed by atoms with Crippen molar-refractivity contribution in [2.45, 2.75) is 32.4 Å². The van der Waals surface area contributed by atoms with E-state index in [0.717, 1.165) is 18.0 Å². The van der Waals surface area contributed by atoms with Crippen molar-refractivity contribution in [3.05, 3.63) is 42.5 Å². The lowest BCUT2D eigenvalue weighted by Gasteiger charge is -2.54. The summed E-state index contributed by atoms with van der Waals surface area (Å²) in [5, 5.41) is 15.9. The van der Waals surface area contributed by atoms with Crippen LogP contribution < -0.4 is 9.64 Å². The second-order valence-corrected chi connectivity index (χ2v) is 6.82. The van der Waals surface area contributed by atoms with Crippen LogP contribution in [-0.2, 0) is 0 Å². The predicted octanol–water partition coefficient (Wildman–Crippen LogP) is 2.20. The van der Waals surface area contributed by atoms with E-state index < -0.39 is 0 Å². The lowest BCUT2D eigenvalue weighted by molar-refractivity contribution is -0.0418. The first kappa shape index (κ1) is 14.9. The molecular formula is C17H20N6O. The molecule has 4 rings (SSSR count). The van der Waals surface area contributed by atoms with Gasteiger partial charge >= 0.3 is 0 Å². The summed E-state index contributed by atoms with van der Waals surface area (Å²) in [6.45, 7) is 4.47. The van der Waals surface area contributed by atoms with Gasteiger partial charge in [0.1, 0.15) is 11.9 Å². The van der Waals surface area contributed by atoms with Crippen LogP contribution in [0.4, 0.5) is 5.82 Å². The molecule has 124 valence electrons. The van der Waals surface area contributed by atoms with E-state index in [1.165, 1.54) is 4.63 Å². The number of ether oxygens (including phenoxy) is 1. The molecule has 7 heteroatoms. The fourth-order valence-corrected chi connectivity index (χ4v) is 3.37. The first-order valence-electron chi connectivity index (χ1n) is 8.05. The van der Waals surface area contributed by atoms with Gasteiger partial charge in [-0.15, -0.1) is 14.8 Å². The Kier molecular flexibility index (Phi) is 3.37. The first-order chi connectivity index (χ1) is 11.6. The zero-order valence-electron chi connectivity index (χ0n) is 14.0. The van der Waals surface area contributed by atoms with Gasteiger partial charge in [-0.1, -0.05) is 32.0 Å². The average Bonchev–Trinajstić information content (AvgIpc) is 3.06. The summed E-state index contributed by atoms with van der Waals surface area (Å²) in [6.07, 6.45) is 1.14. The monoisotopic (exact) mass is 324 g/mol. The molecule has 0 unspecified atom stereocenters. The summed E-state index contributed by atoms with van der Waals surface area (Å²) in [5.74, 6) is 1.77. The second kappa shape index (κ2) is 5.43. The molecule has 1 aromatic carbocycles. The van der Waals surface area contributed by atoms with Gasteiger partial charge < -0.3 is 9.64 Å². The van der Waals surface area contributed by atoms with Crippen LogP contribution in [0, 0.1) is 5.41 Å². The minimum absolute atomic E-state index is 0.0157. The van der Waals surface area contributed by atoms with Crippen LogP contribution in [0.5, 0.6) is 5.75 Å². The molecule has 1 fully saturated rings. The maximum absolute atomic E-state index is 6.16. The highest BCUT2D eigenvalue weighted by Gasteiger charge is 2.52. The van der Waals surface area contributed by atoms with Gasteiger partial charge in [-0.25, -0.2) is 0 Å². The third-order valence-corrected chi connectivity index (χ3v) is 5.03. The molecule has 0 aliphatic heterocycles. The van der Waals surface area contributed by atoms with Crippen molar-refractivity contribution < 1.29 is 4.74 Å². The van der Waals surface area contributed by atoms with Gasteiger partial charge in [0.2, 0.25) is 0 Å².